The summed E-state index contributed by atoms with van der Waals surface area (Å²) in [4.78, 5) is 14.4. The SMILES string of the molecule is NC(=O)Oc1cc(N)c2ncnn2c1. The molecule has 0 spiro atoms. The highest BCUT2D eigenvalue weighted by molar-refractivity contribution is 5.71. The molecule has 0 aromatic carbocycles. The number of hydrogen-bond acceptors (Lipinski definition) is 5. The van der Waals surface area contributed by atoms with Crippen molar-refractivity contribution in [3.8, 4) is 5.75 Å². The van der Waals surface area contributed by atoms with Gasteiger partial charge in [0.05, 0.1) is 11.9 Å². The first-order chi connectivity index (χ1) is 6.66. The van der Waals surface area contributed by atoms with Gasteiger partial charge in [0, 0.05) is 6.07 Å². The third-order valence-corrected chi connectivity index (χ3v) is 1.60. The zero-order valence-electron chi connectivity index (χ0n) is 7.04. The van der Waals surface area contributed by atoms with Gasteiger partial charge in [-0.1, -0.05) is 0 Å². The Morgan fingerprint density at radius 2 is 2.36 bits per heavy atom. The minimum absolute atomic E-state index is 0.230. The molecule has 7 heteroatoms. The number of ether oxygens (including phenoxy) is 1. The van der Waals surface area contributed by atoms with E-state index in [0.717, 1.165) is 0 Å². The molecule has 2 aromatic heterocycles. The quantitative estimate of drug-likeness (QED) is 0.650. The van der Waals surface area contributed by atoms with E-state index >= 15 is 0 Å². The predicted molar refractivity (Wildman–Crippen MR) is 47.6 cm³/mol. The first-order valence-electron chi connectivity index (χ1n) is 3.73. The third kappa shape index (κ3) is 1.30. The average molecular weight is 193 g/mol. The molecule has 4 N–H and O–H groups in total. The lowest BCUT2D eigenvalue weighted by Crippen LogP contribution is -2.16. The van der Waals surface area contributed by atoms with Gasteiger partial charge in [0.2, 0.25) is 0 Å². The normalized spacial score (nSPS) is 10.3. The molecule has 72 valence electrons. The molecule has 2 aromatic rings. The Morgan fingerprint density at radius 1 is 1.57 bits per heavy atom. The van der Waals surface area contributed by atoms with Gasteiger partial charge in [-0.05, 0) is 0 Å². The molecule has 1 amide bonds. The fourth-order valence-corrected chi connectivity index (χ4v) is 1.10. The van der Waals surface area contributed by atoms with Gasteiger partial charge >= 0.3 is 6.09 Å². The number of anilines is 1. The highest BCUT2D eigenvalue weighted by Crippen LogP contribution is 2.18. The maximum Gasteiger partial charge on any atom is 0.410 e. The topological polar surface area (TPSA) is 109 Å². The van der Waals surface area contributed by atoms with Crippen LogP contribution in [0, 0.1) is 0 Å². The number of aromatic nitrogens is 3. The minimum Gasteiger partial charge on any atom is -0.409 e. The molecule has 14 heavy (non-hydrogen) atoms. The summed E-state index contributed by atoms with van der Waals surface area (Å²) in [6.45, 7) is 0. The molecule has 0 aliphatic rings. The molecule has 0 aliphatic heterocycles. The number of carbonyl (C=O) groups is 1. The highest BCUT2D eigenvalue weighted by atomic mass is 16.5. The number of nitrogens with zero attached hydrogens (tertiary/aromatic N) is 3. The maximum atomic E-state index is 10.5. The number of pyridine rings is 1. The lowest BCUT2D eigenvalue weighted by atomic mass is 10.4. The predicted octanol–water partition coefficient (Wildman–Crippen LogP) is -0.231. The largest absolute Gasteiger partial charge is 0.410 e. The van der Waals surface area contributed by atoms with Gasteiger partial charge in [-0.15, -0.1) is 0 Å². The Morgan fingerprint density at radius 3 is 3.07 bits per heavy atom. The van der Waals surface area contributed by atoms with Gasteiger partial charge in [-0.25, -0.2) is 14.3 Å². The van der Waals surface area contributed by atoms with Gasteiger partial charge in [-0.3, -0.25) is 0 Å². The van der Waals surface area contributed by atoms with Crippen LogP contribution in [0.25, 0.3) is 5.65 Å². The van der Waals surface area contributed by atoms with Crippen molar-refractivity contribution in [3.63, 3.8) is 0 Å². The van der Waals surface area contributed by atoms with Crippen LogP contribution in [0.2, 0.25) is 0 Å². The van der Waals surface area contributed by atoms with E-state index in [1.54, 1.807) is 0 Å². The van der Waals surface area contributed by atoms with E-state index in [4.69, 9.17) is 11.5 Å². The smallest absolute Gasteiger partial charge is 0.409 e. The number of primary amides is 1. The molecule has 0 saturated heterocycles. The van der Waals surface area contributed by atoms with Crippen LogP contribution in [0.1, 0.15) is 0 Å². The van der Waals surface area contributed by atoms with Crippen LogP contribution in [0.15, 0.2) is 18.6 Å². The summed E-state index contributed by atoms with van der Waals surface area (Å²) in [5, 5.41) is 3.84. The van der Waals surface area contributed by atoms with Crippen molar-refractivity contribution in [2.24, 2.45) is 5.73 Å². The summed E-state index contributed by atoms with van der Waals surface area (Å²) in [5.74, 6) is 0.230. The van der Waals surface area contributed by atoms with Crippen LogP contribution in [0.3, 0.4) is 0 Å². The second-order valence-corrected chi connectivity index (χ2v) is 2.58. The number of amides is 1. The van der Waals surface area contributed by atoms with Crippen LogP contribution in [0.4, 0.5) is 10.5 Å². The zero-order valence-corrected chi connectivity index (χ0v) is 7.04. The standard InChI is InChI=1S/C7H7N5O2/c8-5-1-4(14-7(9)13)2-12-6(5)10-3-11-12/h1-3H,8H2,(H2,9,13). The first-order valence-corrected chi connectivity index (χ1v) is 3.73. The van der Waals surface area contributed by atoms with Crippen molar-refractivity contribution < 1.29 is 9.53 Å². The molecule has 0 saturated carbocycles. The number of nitrogens with two attached hydrogens (primary N) is 2. The van der Waals surface area contributed by atoms with Gasteiger partial charge in [0.1, 0.15) is 6.33 Å². The van der Waals surface area contributed by atoms with E-state index in [9.17, 15) is 4.79 Å². The average Bonchev–Trinajstić information content (AvgIpc) is 2.50. The van der Waals surface area contributed by atoms with Crippen LogP contribution in [0.5, 0.6) is 5.75 Å². The monoisotopic (exact) mass is 193 g/mol. The second-order valence-electron chi connectivity index (χ2n) is 2.58. The van der Waals surface area contributed by atoms with E-state index in [0.29, 0.717) is 11.3 Å². The summed E-state index contributed by atoms with van der Waals surface area (Å²) >= 11 is 0. The van der Waals surface area contributed by atoms with Crippen molar-refractivity contribution in [3.05, 3.63) is 18.6 Å². The molecule has 2 rings (SSSR count). The fourth-order valence-electron chi connectivity index (χ4n) is 1.10. The Labute approximate surface area is 78.3 Å². The van der Waals surface area contributed by atoms with Gasteiger partial charge in [-0.2, -0.15) is 5.10 Å². The highest BCUT2D eigenvalue weighted by Gasteiger charge is 2.05. The van der Waals surface area contributed by atoms with Crippen molar-refractivity contribution in [1.29, 1.82) is 0 Å². The molecular formula is C7H7N5O2. The van der Waals surface area contributed by atoms with E-state index in [2.05, 4.69) is 14.8 Å². The number of carbonyl (C=O) groups excluding carboxylic acids is 1. The Hall–Kier alpha value is -2.31. The Bertz CT molecular complexity index is 492. The van der Waals surface area contributed by atoms with Gasteiger partial charge in [0.15, 0.2) is 11.4 Å². The summed E-state index contributed by atoms with van der Waals surface area (Å²) in [7, 11) is 0. The van der Waals surface area contributed by atoms with Crippen molar-refractivity contribution >= 4 is 17.4 Å². The second kappa shape index (κ2) is 2.87. The summed E-state index contributed by atoms with van der Waals surface area (Å²) in [6, 6.07) is 1.45. The van der Waals surface area contributed by atoms with Crippen molar-refractivity contribution in [2.45, 2.75) is 0 Å². The van der Waals surface area contributed by atoms with Crippen LogP contribution < -0.4 is 16.2 Å². The lowest BCUT2D eigenvalue weighted by molar-refractivity contribution is 0.210. The maximum absolute atomic E-state index is 10.5. The molecule has 0 fully saturated rings. The van der Waals surface area contributed by atoms with E-state index < -0.39 is 6.09 Å². The molecule has 7 nitrogen and oxygen atoms in total. The number of fused-ring (bicyclic) bond motifs is 1. The Balaban J connectivity index is 2.53. The van der Waals surface area contributed by atoms with Crippen LogP contribution in [-0.4, -0.2) is 20.7 Å². The van der Waals surface area contributed by atoms with Crippen molar-refractivity contribution in [2.75, 3.05) is 5.73 Å². The number of rotatable bonds is 1. The first kappa shape index (κ1) is 8.30. The van der Waals surface area contributed by atoms with E-state index in [1.165, 1.54) is 23.1 Å². The van der Waals surface area contributed by atoms with E-state index in [-0.39, 0.29) is 5.75 Å². The van der Waals surface area contributed by atoms with E-state index in [1.807, 2.05) is 0 Å². The van der Waals surface area contributed by atoms with Crippen LogP contribution in [-0.2, 0) is 0 Å². The summed E-state index contributed by atoms with van der Waals surface area (Å²) in [6.07, 6.45) is 1.91. The Kier molecular flexibility index (Phi) is 1.70. The third-order valence-electron chi connectivity index (χ3n) is 1.60. The summed E-state index contributed by atoms with van der Waals surface area (Å²) < 4.78 is 6.04. The minimum atomic E-state index is -0.899. The van der Waals surface area contributed by atoms with Gasteiger partial charge in [0.25, 0.3) is 0 Å². The summed E-state index contributed by atoms with van der Waals surface area (Å²) in [5.41, 5.74) is 11.3. The molecule has 2 heterocycles. The van der Waals surface area contributed by atoms with Crippen molar-refractivity contribution in [1.82, 2.24) is 14.6 Å². The van der Waals surface area contributed by atoms with Crippen LogP contribution >= 0.6 is 0 Å². The molecule has 0 unspecified atom stereocenters. The molecule has 0 atom stereocenters. The zero-order chi connectivity index (χ0) is 10.1. The number of hydrogen-bond donors (Lipinski definition) is 2. The number of nitrogen functional groups attached to an aromatic ring is 1. The molecule has 0 bridgehead atoms. The van der Waals surface area contributed by atoms with Gasteiger partial charge < -0.3 is 16.2 Å². The fraction of sp³-hybridized carbons (Fsp3) is 0. The molecule has 0 radical (unpaired) electrons. The lowest BCUT2D eigenvalue weighted by Gasteiger charge is -2.02. The molecule has 0 aliphatic carbocycles. The molecular weight excluding hydrogens is 186 g/mol.